The Morgan fingerprint density at radius 1 is 1.59 bits per heavy atom. The molecule has 0 aromatic carbocycles. The number of thiophene rings is 1. The highest BCUT2D eigenvalue weighted by molar-refractivity contribution is 9.11. The average molecular weight is 315 g/mol. The van der Waals surface area contributed by atoms with Gasteiger partial charge in [0.1, 0.15) is 0 Å². The van der Waals surface area contributed by atoms with Gasteiger partial charge in [0, 0.05) is 30.6 Å². The van der Waals surface area contributed by atoms with Crippen LogP contribution in [0.4, 0.5) is 0 Å². The Kier molecular flexibility index (Phi) is 3.00. The lowest BCUT2D eigenvalue weighted by atomic mass is 10.0. The van der Waals surface area contributed by atoms with Gasteiger partial charge in [0.2, 0.25) is 0 Å². The van der Waals surface area contributed by atoms with Crippen molar-refractivity contribution >= 4 is 33.2 Å². The molecule has 0 radical (unpaired) electrons. The first-order chi connectivity index (χ1) is 8.16. The summed E-state index contributed by atoms with van der Waals surface area (Å²) < 4.78 is 1.02. The van der Waals surface area contributed by atoms with Crippen molar-refractivity contribution in [2.45, 2.75) is 25.4 Å². The molecule has 1 amide bonds. The minimum atomic E-state index is 0.190. The summed E-state index contributed by atoms with van der Waals surface area (Å²) in [6.45, 7) is 4.18. The number of rotatable bonds is 1. The summed E-state index contributed by atoms with van der Waals surface area (Å²) >= 11 is 4.99. The molecule has 3 nitrogen and oxygen atoms in total. The third-order valence-electron chi connectivity index (χ3n) is 3.83. The molecule has 2 saturated heterocycles. The van der Waals surface area contributed by atoms with E-state index in [-0.39, 0.29) is 5.91 Å². The summed E-state index contributed by atoms with van der Waals surface area (Å²) in [7, 11) is 0. The molecule has 3 rings (SSSR count). The number of nitrogens with one attached hydrogen (secondary N) is 1. The van der Waals surface area contributed by atoms with Gasteiger partial charge in [-0.15, -0.1) is 11.3 Å². The molecule has 1 aromatic heterocycles. The smallest absolute Gasteiger partial charge is 0.255 e. The standard InChI is InChI=1S/C12H15BrN2OS/c1-7-2-8-4-14-5-10(8)15(7)12(16)9-3-11(13)17-6-9/h3,6-8,10,14H,2,4-5H2,1H3. The molecule has 3 atom stereocenters. The molecule has 5 heteroatoms. The van der Waals surface area contributed by atoms with Crippen LogP contribution >= 0.6 is 27.3 Å². The van der Waals surface area contributed by atoms with E-state index >= 15 is 0 Å². The molecule has 3 heterocycles. The van der Waals surface area contributed by atoms with Gasteiger partial charge < -0.3 is 10.2 Å². The number of amides is 1. The van der Waals surface area contributed by atoms with Gasteiger partial charge in [-0.25, -0.2) is 0 Å². The van der Waals surface area contributed by atoms with Crippen LogP contribution in [0, 0.1) is 5.92 Å². The highest BCUT2D eigenvalue weighted by atomic mass is 79.9. The number of fused-ring (bicyclic) bond motifs is 1. The van der Waals surface area contributed by atoms with Crippen molar-refractivity contribution in [1.29, 1.82) is 0 Å². The van der Waals surface area contributed by atoms with Gasteiger partial charge in [-0.2, -0.15) is 0 Å². The Balaban J connectivity index is 1.85. The normalized spacial score (nSPS) is 31.9. The van der Waals surface area contributed by atoms with Gasteiger partial charge in [-0.05, 0) is 41.3 Å². The molecule has 1 N–H and O–H groups in total. The Morgan fingerprint density at radius 3 is 3.12 bits per heavy atom. The van der Waals surface area contributed by atoms with Crippen molar-refractivity contribution in [3.63, 3.8) is 0 Å². The van der Waals surface area contributed by atoms with Gasteiger partial charge >= 0.3 is 0 Å². The second-order valence-electron chi connectivity index (χ2n) is 4.92. The first-order valence-corrected chi connectivity index (χ1v) is 7.61. The molecule has 17 heavy (non-hydrogen) atoms. The number of hydrogen-bond donors (Lipinski definition) is 1. The maximum atomic E-state index is 12.5. The van der Waals surface area contributed by atoms with Crippen molar-refractivity contribution in [2.75, 3.05) is 13.1 Å². The summed E-state index contributed by atoms with van der Waals surface area (Å²) in [5, 5.41) is 5.33. The Hall–Kier alpha value is -0.390. The average Bonchev–Trinajstić information content (AvgIpc) is 2.92. The second kappa shape index (κ2) is 4.37. The Bertz CT molecular complexity index is 447. The van der Waals surface area contributed by atoms with Crippen molar-refractivity contribution in [1.82, 2.24) is 10.2 Å². The van der Waals surface area contributed by atoms with E-state index in [1.165, 1.54) is 0 Å². The monoisotopic (exact) mass is 314 g/mol. The number of likely N-dealkylation sites (tertiary alicyclic amines) is 1. The van der Waals surface area contributed by atoms with Crippen molar-refractivity contribution in [3.05, 3.63) is 20.8 Å². The predicted octanol–water partition coefficient (Wildman–Crippen LogP) is 2.33. The summed E-state index contributed by atoms with van der Waals surface area (Å²) in [4.78, 5) is 14.6. The van der Waals surface area contributed by atoms with Gasteiger partial charge in [0.25, 0.3) is 5.91 Å². The van der Waals surface area contributed by atoms with E-state index in [1.807, 2.05) is 11.4 Å². The highest BCUT2D eigenvalue weighted by Gasteiger charge is 2.44. The van der Waals surface area contributed by atoms with E-state index in [4.69, 9.17) is 0 Å². The van der Waals surface area contributed by atoms with Crippen LogP contribution in [0.25, 0.3) is 0 Å². The maximum absolute atomic E-state index is 12.5. The van der Waals surface area contributed by atoms with Crippen molar-refractivity contribution in [3.8, 4) is 0 Å². The van der Waals surface area contributed by atoms with Gasteiger partial charge in [-0.3, -0.25) is 4.79 Å². The first-order valence-electron chi connectivity index (χ1n) is 5.94. The fourth-order valence-corrected chi connectivity index (χ4v) is 4.22. The topological polar surface area (TPSA) is 32.3 Å². The van der Waals surface area contributed by atoms with E-state index < -0.39 is 0 Å². The van der Waals surface area contributed by atoms with Crippen molar-refractivity contribution in [2.24, 2.45) is 5.92 Å². The predicted molar refractivity (Wildman–Crippen MR) is 72.4 cm³/mol. The molecule has 0 aliphatic carbocycles. The van der Waals surface area contributed by atoms with E-state index in [0.717, 1.165) is 28.9 Å². The largest absolute Gasteiger partial charge is 0.331 e. The second-order valence-corrected chi connectivity index (χ2v) is 7.21. The zero-order valence-corrected chi connectivity index (χ0v) is 12.1. The molecular weight excluding hydrogens is 300 g/mol. The molecule has 2 aliphatic rings. The SMILES string of the molecule is CC1CC2CNCC2N1C(=O)c1csc(Br)c1. The highest BCUT2D eigenvalue weighted by Crippen LogP contribution is 2.34. The number of hydrogen-bond acceptors (Lipinski definition) is 3. The van der Waals surface area contributed by atoms with Crippen LogP contribution < -0.4 is 5.32 Å². The van der Waals surface area contributed by atoms with Crippen LogP contribution in [-0.2, 0) is 0 Å². The molecule has 3 unspecified atom stereocenters. The summed E-state index contributed by atoms with van der Waals surface area (Å²) in [5.74, 6) is 0.840. The minimum absolute atomic E-state index is 0.190. The Labute approximate surface area is 113 Å². The van der Waals surface area contributed by atoms with Gasteiger partial charge in [-0.1, -0.05) is 0 Å². The lowest BCUT2D eigenvalue weighted by molar-refractivity contribution is 0.0682. The van der Waals surface area contributed by atoms with E-state index in [0.29, 0.717) is 18.0 Å². The zero-order chi connectivity index (χ0) is 12.0. The third kappa shape index (κ3) is 1.94. The number of halogens is 1. The third-order valence-corrected chi connectivity index (χ3v) is 5.33. The molecule has 2 fully saturated rings. The number of nitrogens with zero attached hydrogens (tertiary/aromatic N) is 1. The fraction of sp³-hybridized carbons (Fsp3) is 0.583. The summed E-state index contributed by atoms with van der Waals surface area (Å²) in [6.07, 6.45) is 1.13. The van der Waals surface area contributed by atoms with Crippen LogP contribution in [0.2, 0.25) is 0 Å². The molecular formula is C12H15BrN2OS. The quantitative estimate of drug-likeness (QED) is 0.863. The van der Waals surface area contributed by atoms with Crippen LogP contribution in [0.1, 0.15) is 23.7 Å². The van der Waals surface area contributed by atoms with Gasteiger partial charge in [0.05, 0.1) is 9.35 Å². The summed E-state index contributed by atoms with van der Waals surface area (Å²) in [5.41, 5.74) is 0.821. The zero-order valence-electron chi connectivity index (χ0n) is 9.65. The number of carbonyl (C=O) groups is 1. The summed E-state index contributed by atoms with van der Waals surface area (Å²) in [6, 6.07) is 2.70. The molecule has 0 spiro atoms. The molecule has 0 bridgehead atoms. The van der Waals surface area contributed by atoms with Crippen LogP contribution in [0.3, 0.4) is 0 Å². The first kappa shape index (κ1) is 11.7. The van der Waals surface area contributed by atoms with E-state index in [2.05, 4.69) is 33.1 Å². The van der Waals surface area contributed by atoms with Crippen molar-refractivity contribution < 1.29 is 4.79 Å². The minimum Gasteiger partial charge on any atom is -0.331 e. The number of carbonyl (C=O) groups excluding carboxylic acids is 1. The fourth-order valence-electron chi connectivity index (χ4n) is 3.09. The molecule has 92 valence electrons. The lowest BCUT2D eigenvalue weighted by Crippen LogP contribution is -2.42. The van der Waals surface area contributed by atoms with E-state index in [1.54, 1.807) is 11.3 Å². The maximum Gasteiger partial charge on any atom is 0.255 e. The van der Waals surface area contributed by atoms with E-state index in [9.17, 15) is 4.79 Å². The van der Waals surface area contributed by atoms with Crippen LogP contribution in [-0.4, -0.2) is 36.0 Å². The van der Waals surface area contributed by atoms with Crippen LogP contribution in [0.5, 0.6) is 0 Å². The van der Waals surface area contributed by atoms with Gasteiger partial charge in [0.15, 0.2) is 0 Å². The molecule has 0 saturated carbocycles. The lowest BCUT2D eigenvalue weighted by Gasteiger charge is -2.27. The van der Waals surface area contributed by atoms with Crippen LogP contribution in [0.15, 0.2) is 15.2 Å². The molecule has 2 aliphatic heterocycles. The molecule has 1 aromatic rings. The Morgan fingerprint density at radius 2 is 2.41 bits per heavy atom.